The molecule has 0 unspecified atom stereocenters. The molecule has 2 aromatic carbocycles. The number of nitro benzene ring substituents is 1. The highest BCUT2D eigenvalue weighted by atomic mass is 16.6. The zero-order valence-corrected chi connectivity index (χ0v) is 12.5. The fourth-order valence-electron chi connectivity index (χ4n) is 1.92. The fraction of sp³-hybridized carbons (Fsp3) is 0.125. The van der Waals surface area contributed by atoms with Crippen molar-refractivity contribution in [3.8, 4) is 0 Å². The van der Waals surface area contributed by atoms with E-state index >= 15 is 0 Å². The molecular weight excluding hydrogens is 296 g/mol. The van der Waals surface area contributed by atoms with E-state index in [4.69, 9.17) is 0 Å². The third-order valence-corrected chi connectivity index (χ3v) is 3.06. The van der Waals surface area contributed by atoms with E-state index in [1.165, 1.54) is 18.3 Å². The molecule has 0 radical (unpaired) electrons. The average Bonchev–Trinajstić information content (AvgIpc) is 2.56. The molecule has 0 heterocycles. The highest BCUT2D eigenvalue weighted by Crippen LogP contribution is 2.11. The lowest BCUT2D eigenvalue weighted by molar-refractivity contribution is -0.384. The summed E-state index contributed by atoms with van der Waals surface area (Å²) in [6, 6.07) is 15.5. The summed E-state index contributed by atoms with van der Waals surface area (Å²) in [6.07, 6.45) is 1.37. The molecule has 0 aliphatic carbocycles. The second-order valence-electron chi connectivity index (χ2n) is 4.84. The summed E-state index contributed by atoms with van der Waals surface area (Å²) >= 11 is 0. The largest absolute Gasteiger partial charge is 0.365 e. The van der Waals surface area contributed by atoms with Crippen LogP contribution in [-0.4, -0.2) is 30.6 Å². The normalized spacial score (nSPS) is 10.5. The van der Waals surface area contributed by atoms with Crippen molar-refractivity contribution in [3.63, 3.8) is 0 Å². The van der Waals surface area contributed by atoms with E-state index in [-0.39, 0.29) is 18.1 Å². The minimum atomic E-state index is -0.481. The molecule has 0 saturated carbocycles. The molecule has 23 heavy (non-hydrogen) atoms. The van der Waals surface area contributed by atoms with Crippen LogP contribution in [0, 0.1) is 10.1 Å². The molecule has 0 atom stereocenters. The SMILES string of the molecule is CN(CC(=O)NN=Cc1cccc([N+](=O)[O-])c1)c1ccccc1. The van der Waals surface area contributed by atoms with Crippen molar-refractivity contribution in [2.24, 2.45) is 5.10 Å². The number of hydrogen-bond donors (Lipinski definition) is 1. The standard InChI is InChI=1S/C16H16N4O3/c1-19(14-7-3-2-4-8-14)12-16(21)18-17-11-13-6-5-9-15(10-13)20(22)23/h2-11H,12H2,1H3,(H,18,21). The molecule has 2 rings (SSSR count). The van der Waals surface area contributed by atoms with E-state index in [1.54, 1.807) is 24.1 Å². The fourth-order valence-corrected chi connectivity index (χ4v) is 1.92. The first-order valence-corrected chi connectivity index (χ1v) is 6.89. The Hall–Kier alpha value is -3.22. The monoisotopic (exact) mass is 312 g/mol. The molecule has 1 amide bonds. The Morgan fingerprint density at radius 1 is 1.26 bits per heavy atom. The van der Waals surface area contributed by atoms with Crippen LogP contribution in [0.1, 0.15) is 5.56 Å². The van der Waals surface area contributed by atoms with Gasteiger partial charge in [-0.25, -0.2) is 5.43 Å². The Morgan fingerprint density at radius 3 is 2.70 bits per heavy atom. The Morgan fingerprint density at radius 2 is 2.00 bits per heavy atom. The second kappa shape index (κ2) is 7.69. The number of likely N-dealkylation sites (N-methyl/N-ethyl adjacent to an activating group) is 1. The maximum Gasteiger partial charge on any atom is 0.270 e. The van der Waals surface area contributed by atoms with Crippen LogP contribution in [0.4, 0.5) is 11.4 Å². The van der Waals surface area contributed by atoms with E-state index in [1.807, 2.05) is 30.3 Å². The van der Waals surface area contributed by atoms with Crippen molar-refractivity contribution >= 4 is 23.5 Å². The predicted molar refractivity (Wildman–Crippen MR) is 88.5 cm³/mol. The molecule has 118 valence electrons. The average molecular weight is 312 g/mol. The summed E-state index contributed by atoms with van der Waals surface area (Å²) in [7, 11) is 1.80. The van der Waals surface area contributed by atoms with E-state index in [0.29, 0.717) is 5.56 Å². The Kier molecular flexibility index (Phi) is 5.40. The number of nitro groups is 1. The van der Waals surface area contributed by atoms with Crippen molar-refractivity contribution in [2.75, 3.05) is 18.5 Å². The van der Waals surface area contributed by atoms with Crippen molar-refractivity contribution in [3.05, 3.63) is 70.3 Å². The van der Waals surface area contributed by atoms with Crippen molar-refractivity contribution < 1.29 is 9.72 Å². The van der Waals surface area contributed by atoms with E-state index in [0.717, 1.165) is 5.69 Å². The summed E-state index contributed by atoms with van der Waals surface area (Å²) in [4.78, 5) is 23.8. The maximum atomic E-state index is 11.8. The number of nitrogens with zero attached hydrogens (tertiary/aromatic N) is 3. The van der Waals surface area contributed by atoms with Gasteiger partial charge in [0.1, 0.15) is 0 Å². The molecule has 1 N–H and O–H groups in total. The Labute approximate surface area is 133 Å². The van der Waals surface area contributed by atoms with Gasteiger partial charge in [-0.2, -0.15) is 5.10 Å². The minimum absolute atomic E-state index is 0.0240. The van der Waals surface area contributed by atoms with Crippen LogP contribution < -0.4 is 10.3 Å². The van der Waals surface area contributed by atoms with Gasteiger partial charge in [0.25, 0.3) is 11.6 Å². The van der Waals surface area contributed by atoms with Crippen molar-refractivity contribution in [1.29, 1.82) is 0 Å². The molecule has 0 fully saturated rings. The van der Waals surface area contributed by atoms with Crippen LogP contribution in [0.3, 0.4) is 0 Å². The smallest absolute Gasteiger partial charge is 0.270 e. The summed E-state index contributed by atoms with van der Waals surface area (Å²) in [5.74, 6) is -0.280. The number of non-ortho nitro benzene ring substituents is 1. The Balaban J connectivity index is 1.89. The van der Waals surface area contributed by atoms with Crippen LogP contribution in [0.25, 0.3) is 0 Å². The molecule has 7 heteroatoms. The van der Waals surface area contributed by atoms with Crippen molar-refractivity contribution in [1.82, 2.24) is 5.43 Å². The molecule has 0 bridgehead atoms. The number of rotatable bonds is 6. The number of amides is 1. The van der Waals surface area contributed by atoms with Gasteiger partial charge in [0.15, 0.2) is 0 Å². The van der Waals surface area contributed by atoms with Crippen molar-refractivity contribution in [2.45, 2.75) is 0 Å². The van der Waals surface area contributed by atoms with E-state index in [9.17, 15) is 14.9 Å². The quantitative estimate of drug-likeness (QED) is 0.503. The molecule has 0 spiro atoms. The van der Waals surface area contributed by atoms with Gasteiger partial charge >= 0.3 is 0 Å². The van der Waals surface area contributed by atoms with Gasteiger partial charge in [0.2, 0.25) is 0 Å². The molecule has 0 aromatic heterocycles. The highest BCUT2D eigenvalue weighted by molar-refractivity contribution is 5.84. The lowest BCUT2D eigenvalue weighted by Gasteiger charge is -2.17. The summed E-state index contributed by atoms with van der Waals surface area (Å²) in [5, 5.41) is 14.5. The molecule has 0 aliphatic heterocycles. The number of carbonyl (C=O) groups is 1. The number of anilines is 1. The lowest BCUT2D eigenvalue weighted by atomic mass is 10.2. The summed E-state index contributed by atoms with van der Waals surface area (Å²) in [5.41, 5.74) is 3.83. The molecule has 2 aromatic rings. The molecule has 7 nitrogen and oxygen atoms in total. The number of hydrogen-bond acceptors (Lipinski definition) is 5. The van der Waals surface area contributed by atoms with Crippen LogP contribution in [-0.2, 0) is 4.79 Å². The minimum Gasteiger partial charge on any atom is -0.365 e. The Bertz CT molecular complexity index is 716. The molecule has 0 saturated heterocycles. The molecule has 0 aliphatic rings. The number of nitrogens with one attached hydrogen (secondary N) is 1. The van der Waals surface area contributed by atoms with E-state index < -0.39 is 4.92 Å². The first-order valence-electron chi connectivity index (χ1n) is 6.89. The predicted octanol–water partition coefficient (Wildman–Crippen LogP) is 2.18. The topological polar surface area (TPSA) is 87.8 Å². The van der Waals surface area contributed by atoms with Gasteiger partial charge < -0.3 is 4.90 Å². The zero-order chi connectivity index (χ0) is 16.7. The van der Waals surface area contributed by atoms with Gasteiger partial charge in [-0.05, 0) is 12.1 Å². The first-order chi connectivity index (χ1) is 11.1. The number of carbonyl (C=O) groups excluding carboxylic acids is 1. The van der Waals surface area contributed by atoms with Crippen LogP contribution in [0.5, 0.6) is 0 Å². The number of benzene rings is 2. The maximum absolute atomic E-state index is 11.8. The van der Waals surface area contributed by atoms with Gasteiger partial charge in [-0.3, -0.25) is 14.9 Å². The van der Waals surface area contributed by atoms with Gasteiger partial charge in [0, 0.05) is 30.4 Å². The van der Waals surface area contributed by atoms with Crippen LogP contribution >= 0.6 is 0 Å². The first kappa shape index (κ1) is 16.2. The van der Waals surface area contributed by atoms with Crippen LogP contribution in [0.2, 0.25) is 0 Å². The van der Waals surface area contributed by atoms with Gasteiger partial charge in [0.05, 0.1) is 17.7 Å². The number of hydrazone groups is 1. The summed E-state index contributed by atoms with van der Waals surface area (Å²) in [6.45, 7) is 0.149. The number of para-hydroxylation sites is 1. The third kappa shape index (κ3) is 4.92. The van der Waals surface area contributed by atoms with Gasteiger partial charge in [-0.15, -0.1) is 0 Å². The zero-order valence-electron chi connectivity index (χ0n) is 12.5. The van der Waals surface area contributed by atoms with E-state index in [2.05, 4.69) is 10.5 Å². The molecular formula is C16H16N4O3. The lowest BCUT2D eigenvalue weighted by Crippen LogP contribution is -2.32. The van der Waals surface area contributed by atoms with Gasteiger partial charge in [-0.1, -0.05) is 30.3 Å². The third-order valence-electron chi connectivity index (χ3n) is 3.06. The second-order valence-corrected chi connectivity index (χ2v) is 4.84. The highest BCUT2D eigenvalue weighted by Gasteiger charge is 2.06. The van der Waals surface area contributed by atoms with Crippen LogP contribution in [0.15, 0.2) is 59.7 Å². The summed E-state index contributed by atoms with van der Waals surface area (Å²) < 4.78 is 0.